The van der Waals surface area contributed by atoms with Crippen molar-refractivity contribution in [1.82, 2.24) is 19.5 Å². The molecule has 0 N–H and O–H groups in total. The minimum Gasteiger partial charge on any atom is -0.497 e. The van der Waals surface area contributed by atoms with Gasteiger partial charge in [0, 0.05) is 0 Å². The molecule has 208 valence electrons. The third kappa shape index (κ3) is 9.26. The number of benzene rings is 1. The molecule has 0 radical (unpaired) electrons. The van der Waals surface area contributed by atoms with Gasteiger partial charge in [-0.15, -0.1) is 0 Å². The molecule has 7 nitrogen and oxygen atoms in total. The number of imidazole rings is 1. The van der Waals surface area contributed by atoms with Crippen LogP contribution in [0.3, 0.4) is 0 Å². The van der Waals surface area contributed by atoms with Crippen LogP contribution >= 0.6 is 11.6 Å². The van der Waals surface area contributed by atoms with Crippen molar-refractivity contribution in [3.63, 3.8) is 0 Å². The molecule has 3 rings (SSSR count). The van der Waals surface area contributed by atoms with Gasteiger partial charge in [0.1, 0.15) is 23.9 Å². The lowest BCUT2D eigenvalue weighted by Gasteiger charge is -2.18. The number of nitrogens with zero attached hydrogens (tertiary/aromatic N) is 4. The SMILES string of the molecule is CCCCCCCCCCCCCCC(C(=O)OCc1ccc(OC)cc1)n1cnc2c(C)nc(Cl)nc21. The number of rotatable bonds is 18. The minimum absolute atomic E-state index is 0.146. The van der Waals surface area contributed by atoms with Crippen LogP contribution in [0.25, 0.3) is 11.2 Å². The molecule has 0 saturated heterocycles. The van der Waals surface area contributed by atoms with E-state index in [9.17, 15) is 4.79 Å². The number of ether oxygens (including phenoxy) is 2. The third-order valence-corrected chi connectivity index (χ3v) is 7.22. The smallest absolute Gasteiger partial charge is 0.329 e. The Labute approximate surface area is 232 Å². The normalized spacial score (nSPS) is 12.1. The number of halogens is 1. The van der Waals surface area contributed by atoms with E-state index in [2.05, 4.69) is 21.9 Å². The standard InChI is InChI=1S/C30H43ClN4O3/c1-4-5-6-7-8-9-10-11-12-13-14-15-16-26(29(36)38-21-24-17-19-25(37-3)20-18-24)35-22-32-27-23(2)33-30(31)34-28(27)35/h17-20,22,26H,4-16,21H2,1-3H3. The predicted octanol–water partition coefficient (Wildman–Crippen LogP) is 8.17. The van der Waals surface area contributed by atoms with Crippen LogP contribution in [0.15, 0.2) is 30.6 Å². The van der Waals surface area contributed by atoms with Gasteiger partial charge in [0.2, 0.25) is 5.28 Å². The summed E-state index contributed by atoms with van der Waals surface area (Å²) in [5, 5.41) is 0.146. The highest BCUT2D eigenvalue weighted by Gasteiger charge is 2.25. The molecule has 0 bridgehead atoms. The quantitative estimate of drug-likeness (QED) is 0.0915. The summed E-state index contributed by atoms with van der Waals surface area (Å²) in [4.78, 5) is 26.4. The van der Waals surface area contributed by atoms with Crippen molar-refractivity contribution in [1.29, 1.82) is 0 Å². The fourth-order valence-electron chi connectivity index (χ4n) is 4.77. The van der Waals surface area contributed by atoms with Crippen LogP contribution < -0.4 is 4.74 Å². The maximum absolute atomic E-state index is 13.3. The summed E-state index contributed by atoms with van der Waals surface area (Å²) in [5.41, 5.74) is 2.80. The fraction of sp³-hybridized carbons (Fsp3) is 0.600. The lowest BCUT2D eigenvalue weighted by molar-refractivity contribution is -0.149. The Kier molecular flexibility index (Phi) is 12.8. The van der Waals surface area contributed by atoms with Crippen LogP contribution in [0.4, 0.5) is 0 Å². The van der Waals surface area contributed by atoms with E-state index >= 15 is 0 Å². The molecular weight excluding hydrogens is 500 g/mol. The fourth-order valence-corrected chi connectivity index (χ4v) is 4.98. The lowest BCUT2D eigenvalue weighted by Crippen LogP contribution is -2.22. The van der Waals surface area contributed by atoms with Crippen LogP contribution in [0, 0.1) is 6.92 Å². The molecular formula is C30H43ClN4O3. The first-order chi connectivity index (χ1) is 18.5. The first kappa shape index (κ1) is 29.9. The molecule has 38 heavy (non-hydrogen) atoms. The van der Waals surface area contributed by atoms with E-state index in [0.29, 0.717) is 23.3 Å². The highest BCUT2D eigenvalue weighted by atomic mass is 35.5. The van der Waals surface area contributed by atoms with E-state index in [4.69, 9.17) is 21.1 Å². The van der Waals surface area contributed by atoms with Gasteiger partial charge in [-0.2, -0.15) is 4.98 Å². The largest absolute Gasteiger partial charge is 0.497 e. The van der Waals surface area contributed by atoms with Crippen LogP contribution in [-0.4, -0.2) is 32.6 Å². The Morgan fingerprint density at radius 2 is 1.53 bits per heavy atom. The summed E-state index contributed by atoms with van der Waals surface area (Å²) in [6.45, 7) is 4.30. The summed E-state index contributed by atoms with van der Waals surface area (Å²) in [7, 11) is 1.63. The molecule has 0 aliphatic rings. The molecule has 1 atom stereocenters. The van der Waals surface area contributed by atoms with Crippen molar-refractivity contribution < 1.29 is 14.3 Å². The first-order valence-corrected chi connectivity index (χ1v) is 14.6. The van der Waals surface area contributed by atoms with Gasteiger partial charge in [-0.1, -0.05) is 96.1 Å². The Balaban J connectivity index is 1.53. The zero-order valence-corrected chi connectivity index (χ0v) is 24.0. The van der Waals surface area contributed by atoms with Crippen LogP contribution in [0.5, 0.6) is 5.75 Å². The summed E-state index contributed by atoms with van der Waals surface area (Å²) in [5.74, 6) is 0.470. The van der Waals surface area contributed by atoms with Crippen molar-refractivity contribution in [2.45, 2.75) is 110 Å². The molecule has 0 aliphatic carbocycles. The number of esters is 1. The van der Waals surface area contributed by atoms with Crippen LogP contribution in [0.2, 0.25) is 5.28 Å². The van der Waals surface area contributed by atoms with E-state index in [1.807, 2.05) is 31.2 Å². The number of unbranched alkanes of at least 4 members (excludes halogenated alkanes) is 11. The average Bonchev–Trinajstić information content (AvgIpc) is 3.34. The van der Waals surface area contributed by atoms with Gasteiger partial charge in [0.05, 0.1) is 19.1 Å². The number of aryl methyl sites for hydroxylation is 1. The van der Waals surface area contributed by atoms with Crippen molar-refractivity contribution in [3.05, 3.63) is 47.1 Å². The number of fused-ring (bicyclic) bond motifs is 1. The second-order valence-corrected chi connectivity index (χ2v) is 10.4. The second kappa shape index (κ2) is 16.3. The Morgan fingerprint density at radius 1 is 0.921 bits per heavy atom. The molecule has 0 aliphatic heterocycles. The number of aromatic nitrogens is 4. The zero-order chi connectivity index (χ0) is 27.2. The molecule has 8 heteroatoms. The van der Waals surface area contributed by atoms with E-state index in [0.717, 1.165) is 24.2 Å². The highest BCUT2D eigenvalue weighted by molar-refractivity contribution is 6.28. The monoisotopic (exact) mass is 542 g/mol. The maximum Gasteiger partial charge on any atom is 0.329 e. The van der Waals surface area contributed by atoms with Crippen molar-refractivity contribution >= 4 is 28.7 Å². The van der Waals surface area contributed by atoms with E-state index in [1.165, 1.54) is 64.2 Å². The maximum atomic E-state index is 13.3. The van der Waals surface area contributed by atoms with Crippen molar-refractivity contribution in [2.75, 3.05) is 7.11 Å². The van der Waals surface area contributed by atoms with Gasteiger partial charge in [-0.05, 0) is 42.6 Å². The molecule has 1 unspecified atom stereocenters. The van der Waals surface area contributed by atoms with Gasteiger partial charge in [0.25, 0.3) is 0 Å². The molecule has 0 amide bonds. The van der Waals surface area contributed by atoms with Gasteiger partial charge < -0.3 is 14.0 Å². The Morgan fingerprint density at radius 3 is 2.13 bits per heavy atom. The zero-order valence-electron chi connectivity index (χ0n) is 23.3. The number of methoxy groups -OCH3 is 1. The van der Waals surface area contributed by atoms with Gasteiger partial charge in [0.15, 0.2) is 5.65 Å². The Bertz CT molecular complexity index is 1120. The number of carbonyl (C=O) groups is 1. The van der Waals surface area contributed by atoms with E-state index < -0.39 is 6.04 Å². The van der Waals surface area contributed by atoms with Crippen molar-refractivity contribution in [2.24, 2.45) is 0 Å². The molecule has 0 spiro atoms. The highest BCUT2D eigenvalue weighted by Crippen LogP contribution is 2.26. The summed E-state index contributed by atoms with van der Waals surface area (Å²) >= 11 is 6.14. The summed E-state index contributed by atoms with van der Waals surface area (Å²) < 4.78 is 12.8. The number of hydrogen-bond acceptors (Lipinski definition) is 6. The van der Waals surface area contributed by atoms with E-state index in [1.54, 1.807) is 18.0 Å². The molecule has 2 aromatic heterocycles. The van der Waals surface area contributed by atoms with Gasteiger partial charge in [-0.25, -0.2) is 14.8 Å². The van der Waals surface area contributed by atoms with Gasteiger partial charge >= 0.3 is 5.97 Å². The molecule has 3 aromatic rings. The van der Waals surface area contributed by atoms with E-state index in [-0.39, 0.29) is 17.9 Å². The Hall–Kier alpha value is -2.67. The average molecular weight is 543 g/mol. The molecule has 0 fully saturated rings. The number of hydrogen-bond donors (Lipinski definition) is 0. The summed E-state index contributed by atoms with van der Waals surface area (Å²) in [6.07, 6.45) is 17.5. The first-order valence-electron chi connectivity index (χ1n) is 14.2. The second-order valence-electron chi connectivity index (χ2n) is 10.1. The van der Waals surface area contributed by atoms with Crippen LogP contribution in [0.1, 0.15) is 108 Å². The minimum atomic E-state index is -0.522. The molecule has 1 aromatic carbocycles. The number of carbonyl (C=O) groups excluding carboxylic acids is 1. The van der Waals surface area contributed by atoms with Crippen molar-refractivity contribution in [3.8, 4) is 5.75 Å². The topological polar surface area (TPSA) is 79.1 Å². The summed E-state index contributed by atoms with van der Waals surface area (Å²) in [6, 6.07) is 6.99. The predicted molar refractivity (Wildman–Crippen MR) is 153 cm³/mol. The lowest BCUT2D eigenvalue weighted by atomic mass is 10.0. The third-order valence-electron chi connectivity index (χ3n) is 7.05. The molecule has 2 heterocycles. The van der Waals surface area contributed by atoms with Gasteiger partial charge in [-0.3, -0.25) is 0 Å². The van der Waals surface area contributed by atoms with Crippen LogP contribution in [-0.2, 0) is 16.1 Å². The molecule has 0 saturated carbocycles.